The summed E-state index contributed by atoms with van der Waals surface area (Å²) in [5.74, 6) is -0.0480. The van der Waals surface area contributed by atoms with Crippen LogP contribution in [0.3, 0.4) is 0 Å². The van der Waals surface area contributed by atoms with Gasteiger partial charge in [0.25, 0.3) is 5.91 Å². The number of hydrogen-bond donors (Lipinski definition) is 2. The van der Waals surface area contributed by atoms with Crippen molar-refractivity contribution < 1.29 is 14.0 Å². The molecule has 0 aromatic carbocycles. The summed E-state index contributed by atoms with van der Waals surface area (Å²) < 4.78 is 8.93. The average Bonchev–Trinajstić information content (AvgIpc) is 3.28. The first-order chi connectivity index (χ1) is 12.4. The van der Waals surface area contributed by atoms with E-state index in [1.165, 1.54) is 21.8 Å². The van der Waals surface area contributed by atoms with Crippen molar-refractivity contribution in [1.29, 1.82) is 0 Å². The highest BCUT2D eigenvalue weighted by Gasteiger charge is 2.19. The zero-order valence-electron chi connectivity index (χ0n) is 14.2. The van der Waals surface area contributed by atoms with Crippen molar-refractivity contribution in [3.8, 4) is 0 Å². The number of carbonyl (C=O) groups excluding carboxylic acids is 2. The van der Waals surface area contributed by atoms with Crippen LogP contribution in [0.2, 0.25) is 0 Å². The van der Waals surface area contributed by atoms with Crippen molar-refractivity contribution in [3.05, 3.63) is 52.4 Å². The molecule has 0 aliphatic carbocycles. The van der Waals surface area contributed by atoms with E-state index in [9.17, 15) is 9.59 Å². The third kappa shape index (κ3) is 4.02. The van der Waals surface area contributed by atoms with Gasteiger partial charge in [0.2, 0.25) is 5.91 Å². The summed E-state index contributed by atoms with van der Waals surface area (Å²) in [6.07, 6.45) is 4.69. The van der Waals surface area contributed by atoms with Gasteiger partial charge in [0, 0.05) is 13.2 Å². The number of aryl methyl sites for hydroxylation is 2. The molecule has 2 N–H and O–H groups in total. The lowest BCUT2D eigenvalue weighted by atomic mass is 10.3. The normalized spacial score (nSPS) is 10.7. The number of hydrogen-bond acceptors (Lipinski definition) is 5. The molecule has 3 aromatic heterocycles. The molecule has 26 heavy (non-hydrogen) atoms. The van der Waals surface area contributed by atoms with Gasteiger partial charge in [-0.2, -0.15) is 10.2 Å². The van der Waals surface area contributed by atoms with Crippen LogP contribution in [0.25, 0.3) is 0 Å². The van der Waals surface area contributed by atoms with Gasteiger partial charge in [0.15, 0.2) is 0 Å². The van der Waals surface area contributed by atoms with Gasteiger partial charge >= 0.3 is 0 Å². The Bertz CT molecular complexity index is 909. The zero-order chi connectivity index (χ0) is 18.7. The van der Waals surface area contributed by atoms with Crippen molar-refractivity contribution in [2.75, 3.05) is 5.32 Å². The smallest absolute Gasteiger partial charge is 0.272 e. The first-order valence-corrected chi connectivity index (χ1v) is 8.55. The van der Waals surface area contributed by atoms with Crippen LogP contribution < -0.4 is 10.6 Å². The quantitative estimate of drug-likeness (QED) is 0.632. The third-order valence-electron chi connectivity index (χ3n) is 3.62. The molecular formula is C16H17BrN6O3. The number of furan rings is 1. The maximum Gasteiger partial charge on any atom is 0.272 e. The van der Waals surface area contributed by atoms with Gasteiger partial charge in [0.1, 0.15) is 18.0 Å². The minimum atomic E-state index is -0.366. The molecule has 136 valence electrons. The number of anilines is 1. The highest BCUT2D eigenvalue weighted by molar-refractivity contribution is 9.10. The summed E-state index contributed by atoms with van der Waals surface area (Å²) in [4.78, 5) is 24.7. The van der Waals surface area contributed by atoms with Crippen molar-refractivity contribution in [2.24, 2.45) is 7.05 Å². The van der Waals surface area contributed by atoms with Crippen molar-refractivity contribution in [2.45, 2.75) is 20.0 Å². The molecule has 0 aliphatic rings. The fourth-order valence-corrected chi connectivity index (χ4v) is 2.69. The molecular weight excluding hydrogens is 404 g/mol. The molecule has 2 amide bonds. The molecule has 0 aliphatic heterocycles. The second-order valence-electron chi connectivity index (χ2n) is 5.60. The van der Waals surface area contributed by atoms with E-state index in [1.54, 1.807) is 25.4 Å². The Hall–Kier alpha value is -2.88. The Labute approximate surface area is 157 Å². The topological polar surface area (TPSA) is 107 Å². The molecule has 3 rings (SSSR count). The second-order valence-corrected chi connectivity index (χ2v) is 6.46. The molecule has 0 saturated heterocycles. The van der Waals surface area contributed by atoms with Gasteiger partial charge in [-0.3, -0.25) is 19.0 Å². The van der Waals surface area contributed by atoms with Gasteiger partial charge in [-0.1, -0.05) is 0 Å². The number of aromatic nitrogens is 4. The highest BCUT2D eigenvalue weighted by atomic mass is 79.9. The summed E-state index contributed by atoms with van der Waals surface area (Å²) in [5.41, 5.74) is 1.37. The molecule has 0 bridgehead atoms. The van der Waals surface area contributed by atoms with E-state index in [0.29, 0.717) is 11.4 Å². The number of amides is 2. The first-order valence-electron chi connectivity index (χ1n) is 7.76. The Morgan fingerprint density at radius 2 is 2.19 bits per heavy atom. The fourth-order valence-electron chi connectivity index (χ4n) is 2.37. The van der Waals surface area contributed by atoms with Gasteiger partial charge in [0.05, 0.1) is 34.9 Å². The molecule has 0 atom stereocenters. The predicted octanol–water partition coefficient (Wildman–Crippen LogP) is 1.85. The van der Waals surface area contributed by atoms with Gasteiger partial charge < -0.3 is 15.1 Å². The predicted molar refractivity (Wildman–Crippen MR) is 96.4 cm³/mol. The molecule has 3 aromatic rings. The van der Waals surface area contributed by atoms with Crippen molar-refractivity contribution >= 4 is 33.4 Å². The van der Waals surface area contributed by atoms with Crippen LogP contribution in [-0.2, 0) is 24.9 Å². The van der Waals surface area contributed by atoms with E-state index in [1.807, 2.05) is 6.92 Å². The number of nitrogens with zero attached hydrogens (tertiary/aromatic N) is 4. The average molecular weight is 421 g/mol. The summed E-state index contributed by atoms with van der Waals surface area (Å²) in [6, 6.07) is 3.50. The van der Waals surface area contributed by atoms with Gasteiger partial charge in [-0.15, -0.1) is 0 Å². The van der Waals surface area contributed by atoms with Crippen LogP contribution in [0, 0.1) is 6.92 Å². The fraction of sp³-hybridized carbons (Fsp3) is 0.250. The van der Waals surface area contributed by atoms with E-state index in [0.717, 1.165) is 10.2 Å². The van der Waals surface area contributed by atoms with E-state index >= 15 is 0 Å². The molecule has 0 fully saturated rings. The minimum absolute atomic E-state index is 0.0226. The second kappa shape index (κ2) is 7.56. The van der Waals surface area contributed by atoms with E-state index in [4.69, 9.17) is 4.42 Å². The summed E-state index contributed by atoms with van der Waals surface area (Å²) in [6.45, 7) is 2.10. The SMILES string of the molecule is Cc1nn(CC(=O)Nc2cnn(C)c2C(=O)NCc2ccco2)cc1Br. The Kier molecular flexibility index (Phi) is 5.21. The minimum Gasteiger partial charge on any atom is -0.467 e. The lowest BCUT2D eigenvalue weighted by Crippen LogP contribution is -2.27. The Morgan fingerprint density at radius 3 is 2.85 bits per heavy atom. The number of nitrogens with one attached hydrogen (secondary N) is 2. The van der Waals surface area contributed by atoms with Crippen LogP contribution in [0.4, 0.5) is 5.69 Å². The molecule has 3 heterocycles. The van der Waals surface area contributed by atoms with Crippen LogP contribution in [0.1, 0.15) is 21.9 Å². The van der Waals surface area contributed by atoms with Crippen LogP contribution >= 0.6 is 15.9 Å². The summed E-state index contributed by atoms with van der Waals surface area (Å²) in [7, 11) is 1.63. The number of rotatable bonds is 6. The lowest BCUT2D eigenvalue weighted by molar-refractivity contribution is -0.116. The van der Waals surface area contributed by atoms with Crippen LogP contribution in [0.5, 0.6) is 0 Å². The molecule has 9 nitrogen and oxygen atoms in total. The highest BCUT2D eigenvalue weighted by Crippen LogP contribution is 2.16. The summed E-state index contributed by atoms with van der Waals surface area (Å²) in [5, 5.41) is 13.7. The van der Waals surface area contributed by atoms with E-state index in [-0.39, 0.29) is 30.6 Å². The van der Waals surface area contributed by atoms with E-state index < -0.39 is 0 Å². The largest absolute Gasteiger partial charge is 0.467 e. The lowest BCUT2D eigenvalue weighted by Gasteiger charge is -2.08. The summed E-state index contributed by atoms with van der Waals surface area (Å²) >= 11 is 3.35. The number of carbonyl (C=O) groups is 2. The van der Waals surface area contributed by atoms with E-state index in [2.05, 4.69) is 36.8 Å². The molecule has 0 unspecified atom stereocenters. The van der Waals surface area contributed by atoms with Gasteiger partial charge in [-0.05, 0) is 35.0 Å². The maximum absolute atomic E-state index is 12.4. The monoisotopic (exact) mass is 420 g/mol. The molecule has 0 radical (unpaired) electrons. The molecule has 0 saturated carbocycles. The van der Waals surface area contributed by atoms with Crippen LogP contribution in [-0.4, -0.2) is 31.4 Å². The standard InChI is InChI=1S/C16H17BrN6O3/c1-10-12(17)8-23(21-10)9-14(24)20-13-7-19-22(2)15(13)16(25)18-6-11-4-3-5-26-11/h3-5,7-8H,6,9H2,1-2H3,(H,18,25)(H,20,24). The van der Waals surface area contributed by atoms with Crippen molar-refractivity contribution in [1.82, 2.24) is 24.9 Å². The van der Waals surface area contributed by atoms with Gasteiger partial charge in [-0.25, -0.2) is 0 Å². The third-order valence-corrected chi connectivity index (χ3v) is 4.40. The molecule has 0 spiro atoms. The van der Waals surface area contributed by atoms with Crippen LogP contribution in [0.15, 0.2) is 39.7 Å². The maximum atomic E-state index is 12.4. The molecule has 10 heteroatoms. The number of halogens is 1. The Morgan fingerprint density at radius 1 is 1.38 bits per heavy atom. The first kappa shape index (κ1) is 17.9. The zero-order valence-corrected chi connectivity index (χ0v) is 15.8. The Balaban J connectivity index is 1.66. The van der Waals surface area contributed by atoms with Crippen molar-refractivity contribution in [3.63, 3.8) is 0 Å².